The van der Waals surface area contributed by atoms with Crippen LogP contribution in [0.2, 0.25) is 0 Å². The van der Waals surface area contributed by atoms with Crippen LogP contribution in [0.1, 0.15) is 11.1 Å². The maximum Gasteiger partial charge on any atom is 0.139 e. The van der Waals surface area contributed by atoms with Crippen LogP contribution in [0.15, 0.2) is 102 Å². The molecule has 0 spiro atoms. The Hall–Kier alpha value is -4.35. The number of nitrogens with zero attached hydrogens (tertiary/aromatic N) is 3. The third-order valence-electron chi connectivity index (χ3n) is 8.52. The first-order chi connectivity index (χ1) is 21.0. The average Bonchev–Trinajstić information content (AvgIpc) is 3.73. The molecule has 0 bridgehead atoms. The molecule has 4 heterocycles. The van der Waals surface area contributed by atoms with Gasteiger partial charge in [-0.25, -0.2) is 0 Å². The molecule has 9 rings (SSSR count). The van der Waals surface area contributed by atoms with Gasteiger partial charge in [-0.3, -0.25) is 0 Å². The Balaban J connectivity index is 1.49. The van der Waals surface area contributed by atoms with E-state index in [1.165, 1.54) is 79.1 Å². The topological polar surface area (TPSA) is 33.6 Å². The number of aromatic nitrogens is 2. The van der Waals surface area contributed by atoms with Gasteiger partial charge in [-0.1, -0.05) is 63.4 Å². The van der Waals surface area contributed by atoms with Crippen molar-refractivity contribution in [3.8, 4) is 17.4 Å². The predicted molar refractivity (Wildman–Crippen MR) is 191 cm³/mol. The van der Waals surface area contributed by atoms with E-state index in [-0.39, 0.29) is 0 Å². The summed E-state index contributed by atoms with van der Waals surface area (Å²) < 4.78 is 11.1. The van der Waals surface area contributed by atoms with Crippen molar-refractivity contribution < 1.29 is 0 Å². The molecule has 3 nitrogen and oxygen atoms in total. The van der Waals surface area contributed by atoms with E-state index in [0.717, 1.165) is 10.2 Å². The maximum atomic E-state index is 9.49. The monoisotopic (exact) mass is 649 g/mol. The lowest BCUT2D eigenvalue weighted by atomic mass is 9.96. The molecule has 202 valence electrons. The lowest BCUT2D eigenvalue weighted by Gasteiger charge is -2.10. The Bertz CT molecular complexity index is 2650. The van der Waals surface area contributed by atoms with Crippen LogP contribution in [0.4, 0.5) is 0 Å². The van der Waals surface area contributed by atoms with Gasteiger partial charge in [0.25, 0.3) is 0 Å². The number of rotatable bonds is 2. The molecular formula is C36H21BBrN3S2. The minimum Gasteiger partial charge on any atom is -0.308 e. The lowest BCUT2D eigenvalue weighted by Crippen LogP contribution is -1.99. The summed E-state index contributed by atoms with van der Waals surface area (Å²) in [5, 5.41) is 14.5. The van der Waals surface area contributed by atoms with E-state index in [2.05, 4.69) is 131 Å². The molecule has 7 heteroatoms. The Morgan fingerprint density at radius 3 is 1.77 bits per heavy atom. The second kappa shape index (κ2) is 9.08. The van der Waals surface area contributed by atoms with Crippen molar-refractivity contribution in [1.82, 2.24) is 9.13 Å². The molecule has 0 unspecified atom stereocenters. The van der Waals surface area contributed by atoms with Gasteiger partial charge in [-0.15, -0.1) is 22.7 Å². The van der Waals surface area contributed by atoms with Crippen molar-refractivity contribution in [2.45, 2.75) is 6.92 Å². The minimum atomic E-state index is 0.665. The van der Waals surface area contributed by atoms with Gasteiger partial charge in [-0.05, 0) is 67.6 Å². The van der Waals surface area contributed by atoms with Crippen molar-refractivity contribution in [3.05, 3.63) is 113 Å². The molecule has 0 saturated carbocycles. The fourth-order valence-corrected chi connectivity index (χ4v) is 9.60. The SMILES string of the molecule is Bc1ccc2c(c1)sc1c3cc4c(cc3n(-c3ccc(C#N)cc3)c21)c1sc2cc(Br)ccc2c1n4-c1ccc(C)cc1. The van der Waals surface area contributed by atoms with Gasteiger partial charge >= 0.3 is 0 Å². The number of aryl methyl sites for hydroxylation is 1. The van der Waals surface area contributed by atoms with E-state index in [9.17, 15) is 5.26 Å². The van der Waals surface area contributed by atoms with E-state index >= 15 is 0 Å². The zero-order valence-corrected chi connectivity index (χ0v) is 26.5. The highest BCUT2D eigenvalue weighted by Crippen LogP contribution is 2.48. The molecule has 0 atom stereocenters. The second-order valence-corrected chi connectivity index (χ2v) is 14.3. The summed E-state index contributed by atoms with van der Waals surface area (Å²) in [6, 6.07) is 37.3. The van der Waals surface area contributed by atoms with Crippen LogP contribution in [0, 0.1) is 18.3 Å². The van der Waals surface area contributed by atoms with Crippen LogP contribution in [0.3, 0.4) is 0 Å². The standard InChI is InChI=1S/C36H21BBrN3S2/c1-19-2-8-23(9-3-19)40-29-16-27-30(17-28(29)36-34(40)26-13-7-22(38)15-32(26)43-36)41(24-10-4-20(18-39)5-11-24)33-25-12-6-21(37)14-31(25)42-35(27)33/h2-17H,37H2,1H3. The highest BCUT2D eigenvalue weighted by Gasteiger charge is 2.23. The summed E-state index contributed by atoms with van der Waals surface area (Å²) >= 11 is 7.42. The number of nitriles is 1. The predicted octanol–water partition coefficient (Wildman–Crippen LogP) is 9.51. The third-order valence-corrected chi connectivity index (χ3v) is 11.4. The van der Waals surface area contributed by atoms with Crippen molar-refractivity contribution in [3.63, 3.8) is 0 Å². The van der Waals surface area contributed by atoms with E-state index in [4.69, 9.17) is 0 Å². The summed E-state index contributed by atoms with van der Waals surface area (Å²) in [7, 11) is 2.16. The van der Waals surface area contributed by atoms with E-state index in [1.807, 2.05) is 34.8 Å². The summed E-state index contributed by atoms with van der Waals surface area (Å²) in [5.74, 6) is 0. The van der Waals surface area contributed by atoms with Crippen LogP contribution < -0.4 is 5.46 Å². The maximum absolute atomic E-state index is 9.49. The average molecular weight is 650 g/mol. The first-order valence-corrected chi connectivity index (χ1v) is 16.5. The zero-order valence-electron chi connectivity index (χ0n) is 23.3. The quantitative estimate of drug-likeness (QED) is 0.172. The molecular weight excluding hydrogens is 629 g/mol. The van der Waals surface area contributed by atoms with Crippen molar-refractivity contribution in [1.29, 1.82) is 5.26 Å². The van der Waals surface area contributed by atoms with Gasteiger partial charge in [0.2, 0.25) is 0 Å². The number of hydrogen-bond donors (Lipinski definition) is 0. The van der Waals surface area contributed by atoms with Crippen LogP contribution in [-0.2, 0) is 0 Å². The molecule has 0 aliphatic rings. The molecule has 0 amide bonds. The first kappa shape index (κ1) is 25.2. The Labute approximate surface area is 264 Å². The number of halogens is 1. The van der Waals surface area contributed by atoms with Gasteiger partial charge < -0.3 is 9.13 Å². The smallest absolute Gasteiger partial charge is 0.139 e. The molecule has 43 heavy (non-hydrogen) atoms. The molecule has 4 aromatic heterocycles. The normalized spacial score (nSPS) is 12.0. The van der Waals surface area contributed by atoms with Gasteiger partial charge in [0.05, 0.1) is 43.1 Å². The summed E-state index contributed by atoms with van der Waals surface area (Å²) in [4.78, 5) is 0. The summed E-state index contributed by atoms with van der Waals surface area (Å²) in [6.45, 7) is 2.14. The minimum absolute atomic E-state index is 0.665. The van der Waals surface area contributed by atoms with Crippen LogP contribution in [0.5, 0.6) is 0 Å². The van der Waals surface area contributed by atoms with E-state index in [1.54, 1.807) is 0 Å². The van der Waals surface area contributed by atoms with Gasteiger partial charge in [0.1, 0.15) is 7.85 Å². The molecule has 0 N–H and O–H groups in total. The first-order valence-electron chi connectivity index (χ1n) is 14.1. The van der Waals surface area contributed by atoms with Gasteiger partial charge in [-0.2, -0.15) is 5.26 Å². The van der Waals surface area contributed by atoms with Crippen LogP contribution in [0.25, 0.3) is 73.8 Å². The number of benzene rings is 5. The molecule has 0 fully saturated rings. The van der Waals surface area contributed by atoms with Crippen LogP contribution in [-0.4, -0.2) is 17.0 Å². The highest BCUT2D eigenvalue weighted by molar-refractivity contribution is 9.10. The second-order valence-electron chi connectivity index (χ2n) is 11.3. The fraction of sp³-hybridized carbons (Fsp3) is 0.0278. The fourth-order valence-electron chi connectivity index (χ4n) is 6.52. The van der Waals surface area contributed by atoms with Gasteiger partial charge in [0, 0.05) is 46.8 Å². The number of hydrogen-bond acceptors (Lipinski definition) is 3. The Morgan fingerprint density at radius 1 is 0.651 bits per heavy atom. The van der Waals surface area contributed by atoms with Crippen LogP contribution >= 0.6 is 38.6 Å². The summed E-state index contributed by atoms with van der Waals surface area (Å²) in [6.07, 6.45) is 0. The Kier molecular flexibility index (Phi) is 5.32. The summed E-state index contributed by atoms with van der Waals surface area (Å²) in [5.41, 5.74) is 10.3. The highest BCUT2D eigenvalue weighted by atomic mass is 79.9. The molecule has 5 aromatic carbocycles. The molecule has 0 aliphatic heterocycles. The zero-order chi connectivity index (χ0) is 29.0. The molecule has 9 aromatic rings. The van der Waals surface area contributed by atoms with Gasteiger partial charge in [0.15, 0.2) is 0 Å². The van der Waals surface area contributed by atoms with E-state index in [0.29, 0.717) is 5.56 Å². The third kappa shape index (κ3) is 3.58. The van der Waals surface area contributed by atoms with Crippen molar-refractivity contribution >= 4 is 114 Å². The lowest BCUT2D eigenvalue weighted by molar-refractivity contribution is 1.18. The molecule has 0 radical (unpaired) electrons. The Morgan fingerprint density at radius 2 is 1.19 bits per heavy atom. The van der Waals surface area contributed by atoms with Crippen molar-refractivity contribution in [2.75, 3.05) is 0 Å². The largest absolute Gasteiger partial charge is 0.308 e. The molecule has 0 aliphatic carbocycles. The molecule has 0 saturated heterocycles. The number of fused-ring (bicyclic) bond motifs is 10. The number of thiophene rings is 2. The van der Waals surface area contributed by atoms with Crippen molar-refractivity contribution in [2.24, 2.45) is 0 Å². The van der Waals surface area contributed by atoms with E-state index < -0.39 is 0 Å².